The summed E-state index contributed by atoms with van der Waals surface area (Å²) in [6, 6.07) is 0. The molecule has 0 unspecified atom stereocenters. The van der Waals surface area contributed by atoms with Crippen molar-refractivity contribution in [2.24, 2.45) is 34.0 Å². The third-order valence-electron chi connectivity index (χ3n) is 10.6. The van der Waals surface area contributed by atoms with E-state index in [4.69, 9.17) is 14.9 Å². The summed E-state index contributed by atoms with van der Waals surface area (Å²) in [5.41, 5.74) is -1.25. The van der Waals surface area contributed by atoms with Crippen molar-refractivity contribution < 1.29 is 44.0 Å². The van der Waals surface area contributed by atoms with Gasteiger partial charge in [-0.25, -0.2) is 9.59 Å². The first-order chi connectivity index (χ1) is 21.4. The van der Waals surface area contributed by atoms with Gasteiger partial charge in [-0.05, 0) is 69.9 Å². The van der Waals surface area contributed by atoms with Gasteiger partial charge in [0.25, 0.3) is 0 Å². The maximum atomic E-state index is 13.4. The summed E-state index contributed by atoms with van der Waals surface area (Å²) in [5.74, 6) is -0.974. The van der Waals surface area contributed by atoms with Crippen molar-refractivity contribution in [3.8, 4) is 0 Å². The lowest BCUT2D eigenvalue weighted by Gasteiger charge is -2.61. The van der Waals surface area contributed by atoms with Gasteiger partial charge >= 0.3 is 17.9 Å². The first kappa shape index (κ1) is 41.5. The summed E-state index contributed by atoms with van der Waals surface area (Å²) in [5, 5.41) is 27.2. The van der Waals surface area contributed by atoms with Crippen LogP contribution in [-0.4, -0.2) is 93.0 Å². The Bertz CT molecular complexity index is 1100. The lowest BCUT2D eigenvalue weighted by Crippen LogP contribution is -2.63. The number of thioether (sulfide) groups is 1. The number of Topliss-reactive ketones (excluding diaryl/α,β-unsaturated/α-hetero) is 2. The van der Waals surface area contributed by atoms with E-state index in [1.54, 1.807) is 11.8 Å². The van der Waals surface area contributed by atoms with Crippen molar-refractivity contribution in [2.45, 2.75) is 99.7 Å². The van der Waals surface area contributed by atoms with Crippen molar-refractivity contribution in [1.82, 2.24) is 4.90 Å². The molecule has 0 radical (unpaired) electrons. The molecule has 3 aliphatic rings. The number of ketones is 2. The molecular formula is C35H57NO9S. The fourth-order valence-electron chi connectivity index (χ4n) is 7.73. The molecule has 2 bridgehead atoms. The van der Waals surface area contributed by atoms with E-state index in [1.165, 1.54) is 13.8 Å². The molecule has 0 aliphatic heterocycles. The highest BCUT2D eigenvalue weighted by molar-refractivity contribution is 7.99. The molecule has 262 valence electrons. The summed E-state index contributed by atoms with van der Waals surface area (Å²) in [4.78, 5) is 57.4. The quantitative estimate of drug-likeness (QED) is 0.114. The van der Waals surface area contributed by atoms with E-state index in [1.807, 2.05) is 13.0 Å². The number of hydrogen-bond donors (Lipinski definition) is 3. The molecule has 3 N–H and O–H groups in total. The van der Waals surface area contributed by atoms with Crippen LogP contribution in [0.15, 0.2) is 24.8 Å². The fraction of sp³-hybridized carbons (Fsp3) is 0.743. The van der Waals surface area contributed by atoms with Crippen molar-refractivity contribution in [1.29, 1.82) is 0 Å². The molecule has 10 nitrogen and oxygen atoms in total. The molecule has 0 saturated heterocycles. The van der Waals surface area contributed by atoms with Crippen LogP contribution in [0.5, 0.6) is 0 Å². The SMILES string of the molecule is C=C[C@]1(C)C[C@@H](OC(=O)CSCCN(CC)CC)[C@]2(C)[C@H](C)CC[C@]3(CCC(=O)[C@H]32)[C@@H](C)[C@@H]1O.CC(C)=O.O=C(O)/C=C/C(=O)O. The third-order valence-corrected chi connectivity index (χ3v) is 11.5. The Hall–Kier alpha value is -2.50. The van der Waals surface area contributed by atoms with Crippen LogP contribution in [0.4, 0.5) is 0 Å². The Labute approximate surface area is 279 Å². The Morgan fingerprint density at radius 2 is 1.59 bits per heavy atom. The van der Waals surface area contributed by atoms with E-state index < -0.39 is 35.0 Å². The molecule has 46 heavy (non-hydrogen) atoms. The third kappa shape index (κ3) is 10.2. The Morgan fingerprint density at radius 3 is 2.07 bits per heavy atom. The molecule has 3 aliphatic carbocycles. The first-order valence-corrected chi connectivity index (χ1v) is 17.5. The number of hydrogen-bond acceptors (Lipinski definition) is 9. The Kier molecular flexibility index (Phi) is 16.4. The minimum absolute atomic E-state index is 0.00828. The monoisotopic (exact) mass is 667 g/mol. The largest absolute Gasteiger partial charge is 0.478 e. The van der Waals surface area contributed by atoms with Crippen molar-refractivity contribution >= 4 is 41.2 Å². The summed E-state index contributed by atoms with van der Waals surface area (Å²) in [7, 11) is 0. The maximum Gasteiger partial charge on any atom is 0.328 e. The summed E-state index contributed by atoms with van der Waals surface area (Å²) < 4.78 is 6.30. The van der Waals surface area contributed by atoms with Crippen LogP contribution >= 0.6 is 11.8 Å². The Balaban J connectivity index is 0.000000749. The van der Waals surface area contributed by atoms with Gasteiger partial charge in [0.1, 0.15) is 17.7 Å². The number of rotatable bonds is 11. The molecule has 3 fully saturated rings. The predicted molar refractivity (Wildman–Crippen MR) is 181 cm³/mol. The first-order valence-electron chi connectivity index (χ1n) is 16.3. The number of carboxylic acid groups (broad SMARTS) is 2. The molecule has 11 heteroatoms. The number of aliphatic hydroxyl groups is 1. The number of ether oxygens (including phenoxy) is 1. The molecule has 0 amide bonds. The average Bonchev–Trinajstić information content (AvgIpc) is 3.34. The second kappa shape index (κ2) is 18.2. The number of carboxylic acids is 2. The molecule has 8 atom stereocenters. The summed E-state index contributed by atoms with van der Waals surface area (Å²) in [6.45, 7) is 23.0. The van der Waals surface area contributed by atoms with Crippen LogP contribution in [0, 0.1) is 34.0 Å². The van der Waals surface area contributed by atoms with Gasteiger partial charge in [-0.2, -0.15) is 0 Å². The van der Waals surface area contributed by atoms with E-state index in [0.29, 0.717) is 36.5 Å². The normalized spacial score (nSPS) is 33.3. The lowest BCUT2D eigenvalue weighted by atomic mass is 9.44. The van der Waals surface area contributed by atoms with Gasteiger partial charge in [-0.15, -0.1) is 18.3 Å². The van der Waals surface area contributed by atoms with Gasteiger partial charge in [0.2, 0.25) is 0 Å². The van der Waals surface area contributed by atoms with Crippen molar-refractivity contribution in [2.75, 3.05) is 31.1 Å². The second-order valence-corrected chi connectivity index (χ2v) is 14.7. The van der Waals surface area contributed by atoms with Crippen molar-refractivity contribution in [3.63, 3.8) is 0 Å². The topological polar surface area (TPSA) is 159 Å². The number of carbonyl (C=O) groups excluding carboxylic acids is 3. The molecule has 3 rings (SSSR count). The molecule has 0 heterocycles. The molecule has 3 saturated carbocycles. The molecular weight excluding hydrogens is 610 g/mol. The minimum Gasteiger partial charge on any atom is -0.478 e. The number of nitrogens with zero attached hydrogens (tertiary/aromatic N) is 1. The van der Waals surface area contributed by atoms with Crippen LogP contribution in [0.1, 0.15) is 87.5 Å². The van der Waals surface area contributed by atoms with Crippen LogP contribution in [0.2, 0.25) is 0 Å². The van der Waals surface area contributed by atoms with E-state index in [9.17, 15) is 29.1 Å². The number of aliphatic carboxylic acids is 2. The second-order valence-electron chi connectivity index (χ2n) is 13.6. The highest BCUT2D eigenvalue weighted by Crippen LogP contribution is 2.68. The van der Waals surface area contributed by atoms with Gasteiger partial charge in [0.05, 0.1) is 11.9 Å². The maximum absolute atomic E-state index is 13.4. The summed E-state index contributed by atoms with van der Waals surface area (Å²) in [6.07, 6.45) is 5.76. The number of carbonyl (C=O) groups is 5. The molecule has 0 aromatic carbocycles. The molecule has 0 spiro atoms. The van der Waals surface area contributed by atoms with E-state index in [2.05, 4.69) is 46.1 Å². The Morgan fingerprint density at radius 1 is 1.04 bits per heavy atom. The zero-order valence-corrected chi connectivity index (χ0v) is 29.9. The summed E-state index contributed by atoms with van der Waals surface area (Å²) >= 11 is 1.61. The highest BCUT2D eigenvalue weighted by Gasteiger charge is 2.68. The van der Waals surface area contributed by atoms with Gasteiger partial charge in [-0.1, -0.05) is 47.6 Å². The van der Waals surface area contributed by atoms with Gasteiger partial charge in [0, 0.05) is 47.6 Å². The molecule has 0 aromatic rings. The van der Waals surface area contributed by atoms with Gasteiger partial charge < -0.3 is 29.8 Å². The standard InChI is InChI=1S/C28H47NO4S.C4H4O4.C3H6O/c1-8-26(6)17-22(33-23(31)18-34-16-15-29(9-2)10-3)27(7)19(4)11-13-28(20(5)25(26)32)14-12-21(30)24(27)28;5-3(6)1-2-4(7)8;1-3(2)4/h8,19-20,22,24-25,32H,1,9-18H2,2-7H3;1-2H,(H,5,6)(H,7,8);1-2H3/b;2-1+;/t19-,20+,22-,24+,25+,26-,27+,28+;;/m1../s1. The predicted octanol–water partition coefficient (Wildman–Crippen LogP) is 5.28. The van der Waals surface area contributed by atoms with Crippen molar-refractivity contribution in [3.05, 3.63) is 24.8 Å². The highest BCUT2D eigenvalue weighted by atomic mass is 32.2. The van der Waals surface area contributed by atoms with Crippen LogP contribution in [-0.2, 0) is 28.7 Å². The zero-order valence-electron chi connectivity index (χ0n) is 29.0. The van der Waals surface area contributed by atoms with Crippen LogP contribution in [0.25, 0.3) is 0 Å². The minimum atomic E-state index is -1.26. The van der Waals surface area contributed by atoms with Gasteiger partial charge in [0.15, 0.2) is 0 Å². The smallest absolute Gasteiger partial charge is 0.328 e. The lowest BCUT2D eigenvalue weighted by molar-refractivity contribution is -0.205. The molecule has 0 aromatic heterocycles. The zero-order chi connectivity index (χ0) is 35.5. The van der Waals surface area contributed by atoms with Gasteiger partial charge in [-0.3, -0.25) is 9.59 Å². The van der Waals surface area contributed by atoms with E-state index in [0.717, 1.165) is 44.6 Å². The number of esters is 1. The average molecular weight is 668 g/mol. The number of aliphatic hydroxyl groups excluding tert-OH is 1. The van der Waals surface area contributed by atoms with Crippen LogP contribution in [0.3, 0.4) is 0 Å². The van der Waals surface area contributed by atoms with E-state index >= 15 is 0 Å². The fourth-order valence-corrected chi connectivity index (χ4v) is 8.49. The van der Waals surface area contributed by atoms with Crippen LogP contribution < -0.4 is 0 Å². The van der Waals surface area contributed by atoms with E-state index in [-0.39, 0.29) is 34.9 Å².